The van der Waals surface area contributed by atoms with Crippen LogP contribution in [0.2, 0.25) is 0 Å². The zero-order chi connectivity index (χ0) is 15.4. The molecule has 0 aromatic carbocycles. The van der Waals surface area contributed by atoms with E-state index in [0.717, 1.165) is 32.4 Å². The summed E-state index contributed by atoms with van der Waals surface area (Å²) in [5.41, 5.74) is 0.324. The molecule has 6 nitrogen and oxygen atoms in total. The second-order valence-corrected chi connectivity index (χ2v) is 6.20. The molecule has 0 bridgehead atoms. The summed E-state index contributed by atoms with van der Waals surface area (Å²) in [4.78, 5) is 28.5. The minimum Gasteiger partial charge on any atom is -0.346 e. The Morgan fingerprint density at radius 2 is 2.17 bits per heavy atom. The number of hydrogen-bond acceptors (Lipinski definition) is 4. The molecule has 3 rings (SSSR count). The van der Waals surface area contributed by atoms with Crippen molar-refractivity contribution in [3.05, 3.63) is 24.5 Å². The van der Waals surface area contributed by atoms with Crippen LogP contribution in [0, 0.1) is 11.3 Å². The van der Waals surface area contributed by atoms with Gasteiger partial charge in [0.05, 0.1) is 23.8 Å². The van der Waals surface area contributed by atoms with Crippen molar-refractivity contribution < 1.29 is 9.59 Å². The third-order valence-electron chi connectivity index (χ3n) is 4.85. The second-order valence-electron chi connectivity index (χ2n) is 6.20. The van der Waals surface area contributed by atoms with Crippen LogP contribution in [0.1, 0.15) is 25.7 Å². The van der Waals surface area contributed by atoms with Crippen molar-refractivity contribution in [1.29, 1.82) is 0 Å². The van der Waals surface area contributed by atoms with Crippen LogP contribution in [-0.4, -0.2) is 36.4 Å². The van der Waals surface area contributed by atoms with Gasteiger partial charge in [-0.3, -0.25) is 14.6 Å². The third kappa shape index (κ3) is 4.37. The predicted molar refractivity (Wildman–Crippen MR) is 97.6 cm³/mol. The van der Waals surface area contributed by atoms with Gasteiger partial charge in [0.2, 0.25) is 11.8 Å². The van der Waals surface area contributed by atoms with E-state index in [1.165, 1.54) is 6.42 Å². The van der Waals surface area contributed by atoms with Gasteiger partial charge < -0.3 is 16.0 Å². The van der Waals surface area contributed by atoms with Gasteiger partial charge in [-0.2, -0.15) is 0 Å². The Labute approximate surface area is 154 Å². The normalized spacial score (nSPS) is 24.8. The highest BCUT2D eigenvalue weighted by Crippen LogP contribution is 2.43. The topological polar surface area (TPSA) is 83.1 Å². The lowest BCUT2D eigenvalue weighted by molar-refractivity contribution is -0.135. The molecule has 2 heterocycles. The van der Waals surface area contributed by atoms with E-state index >= 15 is 0 Å². The minimum absolute atomic E-state index is 0. The summed E-state index contributed by atoms with van der Waals surface area (Å²) in [5.74, 6) is 0.197. The molecule has 24 heavy (non-hydrogen) atoms. The summed E-state index contributed by atoms with van der Waals surface area (Å²) in [6.07, 6.45) is 7.53. The van der Waals surface area contributed by atoms with Gasteiger partial charge in [-0.05, 0) is 37.4 Å². The summed E-state index contributed by atoms with van der Waals surface area (Å²) >= 11 is 0. The summed E-state index contributed by atoms with van der Waals surface area (Å²) in [6.45, 7) is 1.64. The van der Waals surface area contributed by atoms with Crippen molar-refractivity contribution in [3.63, 3.8) is 0 Å². The molecule has 1 aliphatic heterocycles. The Morgan fingerprint density at radius 3 is 2.92 bits per heavy atom. The van der Waals surface area contributed by atoms with Gasteiger partial charge in [-0.15, -0.1) is 24.8 Å². The van der Waals surface area contributed by atoms with Crippen LogP contribution in [0.25, 0.3) is 0 Å². The van der Waals surface area contributed by atoms with E-state index in [2.05, 4.69) is 20.9 Å². The maximum absolute atomic E-state index is 12.6. The van der Waals surface area contributed by atoms with E-state index in [1.54, 1.807) is 24.5 Å². The number of nitrogens with zero attached hydrogens (tertiary/aromatic N) is 1. The van der Waals surface area contributed by atoms with E-state index in [4.69, 9.17) is 0 Å². The number of pyridine rings is 1. The van der Waals surface area contributed by atoms with E-state index in [9.17, 15) is 9.59 Å². The van der Waals surface area contributed by atoms with Crippen molar-refractivity contribution >= 4 is 42.3 Å². The SMILES string of the molecule is Cl.Cl.O=C(CNC(=O)[C@@]12CCCC[C@H]1CNC2)Nc1cccnc1. The molecular formula is C16H24Cl2N4O2. The van der Waals surface area contributed by atoms with Crippen molar-refractivity contribution in [1.82, 2.24) is 15.6 Å². The molecule has 1 aromatic rings. The van der Waals surface area contributed by atoms with E-state index in [0.29, 0.717) is 11.6 Å². The molecule has 2 atom stereocenters. The zero-order valence-electron chi connectivity index (χ0n) is 13.4. The van der Waals surface area contributed by atoms with Crippen LogP contribution in [0.5, 0.6) is 0 Å². The molecule has 8 heteroatoms. The molecule has 1 saturated heterocycles. The van der Waals surface area contributed by atoms with E-state index < -0.39 is 0 Å². The van der Waals surface area contributed by atoms with Crippen LogP contribution in [-0.2, 0) is 9.59 Å². The quantitative estimate of drug-likeness (QED) is 0.749. The molecular weight excluding hydrogens is 351 g/mol. The van der Waals surface area contributed by atoms with Gasteiger partial charge in [0.1, 0.15) is 0 Å². The van der Waals surface area contributed by atoms with Crippen LogP contribution in [0.4, 0.5) is 5.69 Å². The van der Waals surface area contributed by atoms with Gasteiger partial charge in [-0.25, -0.2) is 0 Å². The molecule has 0 spiro atoms. The summed E-state index contributed by atoms with van der Waals surface area (Å²) in [7, 11) is 0. The Kier molecular flexibility index (Phi) is 7.93. The highest BCUT2D eigenvalue weighted by Gasteiger charge is 2.49. The minimum atomic E-state index is -0.313. The number of anilines is 1. The maximum atomic E-state index is 12.6. The van der Waals surface area contributed by atoms with Gasteiger partial charge >= 0.3 is 0 Å². The molecule has 2 aliphatic rings. The molecule has 2 amide bonds. The number of rotatable bonds is 4. The van der Waals surface area contributed by atoms with Crippen molar-refractivity contribution in [2.75, 3.05) is 25.0 Å². The molecule has 134 valence electrons. The first-order chi connectivity index (χ1) is 10.7. The van der Waals surface area contributed by atoms with Crippen LogP contribution >= 0.6 is 24.8 Å². The smallest absolute Gasteiger partial charge is 0.243 e. The fourth-order valence-corrected chi connectivity index (χ4v) is 3.67. The van der Waals surface area contributed by atoms with E-state index in [-0.39, 0.29) is 48.6 Å². The molecule has 1 saturated carbocycles. The monoisotopic (exact) mass is 374 g/mol. The van der Waals surface area contributed by atoms with Gasteiger partial charge in [0.15, 0.2) is 0 Å². The average Bonchev–Trinajstić information content (AvgIpc) is 2.99. The highest BCUT2D eigenvalue weighted by molar-refractivity contribution is 5.95. The lowest BCUT2D eigenvalue weighted by Crippen LogP contribution is -2.49. The first kappa shape index (κ1) is 20.7. The van der Waals surface area contributed by atoms with Crippen LogP contribution < -0.4 is 16.0 Å². The fraction of sp³-hybridized carbons (Fsp3) is 0.562. The molecule has 0 radical (unpaired) electrons. The maximum Gasteiger partial charge on any atom is 0.243 e. The molecule has 1 aromatic heterocycles. The number of nitrogens with one attached hydrogen (secondary N) is 3. The van der Waals surface area contributed by atoms with Crippen LogP contribution in [0.15, 0.2) is 24.5 Å². The van der Waals surface area contributed by atoms with Crippen LogP contribution in [0.3, 0.4) is 0 Å². The Hall–Kier alpha value is -1.37. The predicted octanol–water partition coefficient (Wildman–Crippen LogP) is 1.76. The lowest BCUT2D eigenvalue weighted by atomic mass is 9.67. The third-order valence-corrected chi connectivity index (χ3v) is 4.85. The van der Waals surface area contributed by atoms with Crippen molar-refractivity contribution in [2.24, 2.45) is 11.3 Å². The number of carbonyl (C=O) groups is 2. The number of halogens is 2. The standard InChI is InChI=1S/C16H22N4O2.2ClH/c21-14(20-13-5-3-7-17-9-13)10-19-15(22)16-6-2-1-4-12(16)8-18-11-16;;/h3,5,7,9,12,18H,1-2,4,6,8,10-11H2,(H,19,22)(H,20,21);2*1H/t12-,16+;;/m0../s1. The largest absolute Gasteiger partial charge is 0.346 e. The zero-order valence-corrected chi connectivity index (χ0v) is 15.0. The molecule has 0 unspecified atom stereocenters. The second kappa shape index (κ2) is 9.20. The Bertz CT molecular complexity index is 558. The lowest BCUT2D eigenvalue weighted by Gasteiger charge is -2.37. The molecule has 2 fully saturated rings. The summed E-state index contributed by atoms with van der Waals surface area (Å²) < 4.78 is 0. The summed E-state index contributed by atoms with van der Waals surface area (Å²) in [6, 6.07) is 3.52. The molecule has 1 aliphatic carbocycles. The van der Waals surface area contributed by atoms with E-state index in [1.807, 2.05) is 0 Å². The molecule has 3 N–H and O–H groups in total. The highest BCUT2D eigenvalue weighted by atomic mass is 35.5. The van der Waals surface area contributed by atoms with Gasteiger partial charge in [0, 0.05) is 12.7 Å². The number of fused-ring (bicyclic) bond motifs is 1. The van der Waals surface area contributed by atoms with Gasteiger partial charge in [0.25, 0.3) is 0 Å². The average molecular weight is 375 g/mol. The number of amides is 2. The Balaban J connectivity index is 0.00000144. The fourth-order valence-electron chi connectivity index (χ4n) is 3.67. The van der Waals surface area contributed by atoms with Crippen molar-refractivity contribution in [3.8, 4) is 0 Å². The Morgan fingerprint density at radius 1 is 1.33 bits per heavy atom. The van der Waals surface area contributed by atoms with Crippen molar-refractivity contribution in [2.45, 2.75) is 25.7 Å². The number of hydrogen-bond donors (Lipinski definition) is 3. The first-order valence-corrected chi connectivity index (χ1v) is 7.90. The summed E-state index contributed by atoms with van der Waals surface area (Å²) in [5, 5.41) is 8.89. The number of carbonyl (C=O) groups excluding carboxylic acids is 2. The number of aromatic nitrogens is 1. The van der Waals surface area contributed by atoms with Gasteiger partial charge in [-0.1, -0.05) is 12.8 Å². The first-order valence-electron chi connectivity index (χ1n) is 7.90.